The molecule has 0 saturated carbocycles. The number of nitrogens with zero attached hydrogens (tertiary/aromatic N) is 2. The molecule has 9 nitrogen and oxygen atoms in total. The minimum absolute atomic E-state index is 0.0287. The van der Waals surface area contributed by atoms with Crippen molar-refractivity contribution in [1.82, 2.24) is 15.1 Å². The lowest BCUT2D eigenvalue weighted by molar-refractivity contribution is -0.137. The molecule has 298 valence electrons. The first-order valence-electron chi connectivity index (χ1n) is 20.1. The summed E-state index contributed by atoms with van der Waals surface area (Å²) in [6, 6.07) is 14.9. The van der Waals surface area contributed by atoms with E-state index in [9.17, 15) is 19.2 Å². The van der Waals surface area contributed by atoms with Gasteiger partial charge < -0.3 is 24.6 Å². The van der Waals surface area contributed by atoms with Gasteiger partial charge in [0.15, 0.2) is 5.78 Å². The van der Waals surface area contributed by atoms with Crippen LogP contribution >= 0.6 is 0 Å². The molecule has 1 atom stereocenters. The Morgan fingerprint density at radius 2 is 1.34 bits per heavy atom. The van der Waals surface area contributed by atoms with Crippen LogP contribution in [0.3, 0.4) is 0 Å². The summed E-state index contributed by atoms with van der Waals surface area (Å²) >= 11 is 0. The van der Waals surface area contributed by atoms with Gasteiger partial charge in [-0.3, -0.25) is 19.2 Å². The zero-order chi connectivity index (χ0) is 39.4. The number of methoxy groups -OCH3 is 2. The van der Waals surface area contributed by atoms with Crippen LogP contribution < -0.4 is 14.8 Å². The maximum Gasteiger partial charge on any atom is 0.225 e. The Balaban J connectivity index is 0.000000481. The van der Waals surface area contributed by atoms with E-state index in [-0.39, 0.29) is 30.1 Å². The van der Waals surface area contributed by atoms with Crippen molar-refractivity contribution in [3.63, 3.8) is 0 Å². The molecule has 0 aliphatic carbocycles. The summed E-state index contributed by atoms with van der Waals surface area (Å²) in [5, 5.41) is 2.40. The highest BCUT2D eigenvalue weighted by Crippen LogP contribution is 2.23. The Morgan fingerprint density at radius 1 is 0.792 bits per heavy atom. The van der Waals surface area contributed by atoms with Crippen molar-refractivity contribution in [2.75, 3.05) is 27.3 Å². The van der Waals surface area contributed by atoms with E-state index in [1.165, 1.54) is 76.7 Å². The van der Waals surface area contributed by atoms with Crippen LogP contribution in [0.15, 0.2) is 48.5 Å². The number of aryl methyl sites for hydroxylation is 1. The fraction of sp³-hybridized carbons (Fsp3) is 0.636. The number of benzene rings is 2. The molecule has 1 heterocycles. The van der Waals surface area contributed by atoms with E-state index >= 15 is 0 Å². The maximum atomic E-state index is 12.5. The number of carbonyl (C=O) groups is 4. The fourth-order valence-electron chi connectivity index (χ4n) is 6.87. The first kappa shape index (κ1) is 47.1. The third-order valence-electron chi connectivity index (χ3n) is 10.0. The van der Waals surface area contributed by atoms with Gasteiger partial charge in [0.2, 0.25) is 18.2 Å². The average Bonchev–Trinajstić information content (AvgIpc) is 3.17. The Labute approximate surface area is 321 Å². The minimum atomic E-state index is -0.781. The van der Waals surface area contributed by atoms with Crippen molar-refractivity contribution < 1.29 is 28.7 Å². The van der Waals surface area contributed by atoms with Crippen molar-refractivity contribution in [1.29, 1.82) is 0 Å². The lowest BCUT2D eigenvalue weighted by Gasteiger charge is -2.38. The van der Waals surface area contributed by atoms with Gasteiger partial charge in [0, 0.05) is 32.6 Å². The van der Waals surface area contributed by atoms with Crippen LogP contribution in [0.25, 0.3) is 0 Å². The van der Waals surface area contributed by atoms with Gasteiger partial charge in [0.05, 0.1) is 26.7 Å². The molecule has 1 N–H and O–H groups in total. The van der Waals surface area contributed by atoms with Crippen LogP contribution in [0.2, 0.25) is 0 Å². The number of rotatable bonds is 21. The highest BCUT2D eigenvalue weighted by Gasteiger charge is 2.30. The zero-order valence-corrected chi connectivity index (χ0v) is 34.3. The number of unbranched alkanes of at least 4 members (excludes halogenated alkanes) is 4. The molecule has 2 aromatic carbocycles. The van der Waals surface area contributed by atoms with Crippen LogP contribution in [0.4, 0.5) is 0 Å². The van der Waals surface area contributed by atoms with Crippen LogP contribution in [0, 0.1) is 5.92 Å². The third kappa shape index (κ3) is 19.1. The molecule has 9 heteroatoms. The van der Waals surface area contributed by atoms with Crippen LogP contribution in [0.1, 0.15) is 136 Å². The Bertz CT molecular complexity index is 1260. The van der Waals surface area contributed by atoms with Crippen molar-refractivity contribution in [3.8, 4) is 11.5 Å². The summed E-state index contributed by atoms with van der Waals surface area (Å²) < 4.78 is 9.92. The quantitative estimate of drug-likeness (QED) is 0.101. The lowest BCUT2D eigenvalue weighted by atomic mass is 9.92. The molecule has 3 rings (SSSR count). The molecule has 2 aromatic rings. The van der Waals surface area contributed by atoms with Crippen LogP contribution in [0.5, 0.6) is 11.5 Å². The summed E-state index contributed by atoms with van der Waals surface area (Å²) in [5.41, 5.74) is 2.40. The molecule has 1 aliphatic heterocycles. The molecule has 1 fully saturated rings. The normalized spacial score (nSPS) is 13.1. The number of hydrogen-bond donors (Lipinski definition) is 1. The van der Waals surface area contributed by atoms with Gasteiger partial charge in [0.1, 0.15) is 11.5 Å². The highest BCUT2D eigenvalue weighted by molar-refractivity contribution is 5.89. The van der Waals surface area contributed by atoms with Crippen LogP contribution in [-0.4, -0.2) is 73.2 Å². The molecule has 0 radical (unpaired) electrons. The second kappa shape index (κ2) is 28.6. The molecule has 3 amide bonds. The SMILES string of the molecule is CCCCCCCC(CCC)CCC.CCc1ccccc1CN(C(C)=O)C1CCN(C(=O)CC(NC=O)C(C)=O)CC1.COc1ccc(OC)cc1. The van der Waals surface area contributed by atoms with Crippen LogP contribution in [-0.2, 0) is 32.1 Å². The maximum absolute atomic E-state index is 12.5. The van der Waals surface area contributed by atoms with Gasteiger partial charge >= 0.3 is 0 Å². The molecule has 1 aliphatic rings. The topological polar surface area (TPSA) is 105 Å². The summed E-state index contributed by atoms with van der Waals surface area (Å²) in [7, 11) is 3.28. The van der Waals surface area contributed by atoms with Gasteiger partial charge in [-0.25, -0.2) is 0 Å². The van der Waals surface area contributed by atoms with Crippen molar-refractivity contribution in [3.05, 3.63) is 59.7 Å². The summed E-state index contributed by atoms with van der Waals surface area (Å²) in [5.74, 6) is 2.38. The summed E-state index contributed by atoms with van der Waals surface area (Å²) in [6.45, 7) is 13.6. The molecule has 1 saturated heterocycles. The number of ether oxygens (including phenoxy) is 2. The molecule has 53 heavy (non-hydrogen) atoms. The van der Waals surface area contributed by atoms with E-state index in [0.29, 0.717) is 38.9 Å². The molecule has 1 unspecified atom stereocenters. The summed E-state index contributed by atoms with van der Waals surface area (Å²) in [6.07, 6.45) is 17.1. The second-order valence-electron chi connectivity index (χ2n) is 14.1. The Hall–Kier alpha value is -3.88. The van der Waals surface area contributed by atoms with Gasteiger partial charge in [0.25, 0.3) is 0 Å². The largest absolute Gasteiger partial charge is 0.497 e. The number of carbonyl (C=O) groups excluding carboxylic acids is 4. The predicted molar refractivity (Wildman–Crippen MR) is 216 cm³/mol. The van der Waals surface area contributed by atoms with E-state index in [1.54, 1.807) is 26.0 Å². The smallest absolute Gasteiger partial charge is 0.225 e. The number of likely N-dealkylation sites (tertiary alicyclic amines) is 1. The first-order valence-corrected chi connectivity index (χ1v) is 20.1. The number of Topliss-reactive ketones (excluding diaryl/α,β-unsaturated/α-hetero) is 1. The molecule has 0 bridgehead atoms. The molecular formula is C44H71N3O6. The number of ketones is 1. The summed E-state index contributed by atoms with van der Waals surface area (Å²) in [4.78, 5) is 50.6. The van der Waals surface area contributed by atoms with E-state index in [0.717, 1.165) is 29.4 Å². The standard InChI is InChI=1S/C22H31N3O4.C14H30.C8H10O2/c1-4-18-7-5-6-8-19(18)14-25(17(3)28)20-9-11-24(12-10-20)22(29)13-21(16(2)27)23-15-26;1-4-7-8-9-10-13-14(11-5-2)12-6-3;1-9-7-3-5-8(10-2)6-4-7/h5-8,15,20-21H,4,9-14H2,1-3H3,(H,23,26);14H,4-13H2,1-3H3;3-6H,1-2H3. The van der Waals surface area contributed by atoms with Crippen molar-refractivity contribution in [2.24, 2.45) is 5.92 Å². The Morgan fingerprint density at radius 3 is 1.79 bits per heavy atom. The molecule has 0 aromatic heterocycles. The van der Waals surface area contributed by atoms with E-state index in [4.69, 9.17) is 9.47 Å². The molecular weight excluding hydrogens is 666 g/mol. The van der Waals surface area contributed by atoms with Crippen molar-refractivity contribution in [2.45, 2.75) is 150 Å². The monoisotopic (exact) mass is 738 g/mol. The average molecular weight is 738 g/mol. The second-order valence-corrected chi connectivity index (χ2v) is 14.1. The van der Waals surface area contributed by atoms with E-state index in [2.05, 4.69) is 45.1 Å². The number of amides is 3. The van der Waals surface area contributed by atoms with E-state index < -0.39 is 6.04 Å². The van der Waals surface area contributed by atoms with E-state index in [1.807, 2.05) is 41.3 Å². The zero-order valence-electron chi connectivity index (χ0n) is 34.3. The van der Waals surface area contributed by atoms with Gasteiger partial charge in [-0.15, -0.1) is 0 Å². The number of piperidine rings is 1. The lowest BCUT2D eigenvalue weighted by Crippen LogP contribution is -2.49. The van der Waals surface area contributed by atoms with Gasteiger partial charge in [-0.05, 0) is 67.5 Å². The third-order valence-corrected chi connectivity index (χ3v) is 10.0. The van der Waals surface area contributed by atoms with Crippen molar-refractivity contribution >= 4 is 24.0 Å². The highest BCUT2D eigenvalue weighted by atomic mass is 16.5. The Kier molecular flexibility index (Phi) is 25.4. The molecule has 0 spiro atoms. The number of hydrogen-bond acceptors (Lipinski definition) is 6. The fourth-order valence-corrected chi connectivity index (χ4v) is 6.87. The van der Waals surface area contributed by atoms with Gasteiger partial charge in [-0.2, -0.15) is 0 Å². The number of nitrogens with one attached hydrogen (secondary N) is 1. The predicted octanol–water partition coefficient (Wildman–Crippen LogP) is 8.95. The minimum Gasteiger partial charge on any atom is -0.497 e. The van der Waals surface area contributed by atoms with Gasteiger partial charge in [-0.1, -0.05) is 116 Å². The first-order chi connectivity index (χ1) is 25.6.